The van der Waals surface area contributed by atoms with E-state index >= 15 is 0 Å². The van der Waals surface area contributed by atoms with Gasteiger partial charge in [0.05, 0.1) is 12.1 Å². The highest BCUT2D eigenvalue weighted by molar-refractivity contribution is 5.21. The third kappa shape index (κ3) is 0.947. The zero-order chi connectivity index (χ0) is 8.82. The molecule has 2 saturated heterocycles. The Labute approximate surface area is 70.7 Å². The fourth-order valence-electron chi connectivity index (χ4n) is 2.34. The molecular formula is C9H11F2N. The van der Waals surface area contributed by atoms with Crippen LogP contribution in [0.3, 0.4) is 0 Å². The number of hydrogen-bond acceptors (Lipinski definition) is 1. The first-order valence-electron chi connectivity index (χ1n) is 4.19. The molecule has 12 heavy (non-hydrogen) atoms. The summed E-state index contributed by atoms with van der Waals surface area (Å²) in [4.78, 5) is 1.76. The van der Waals surface area contributed by atoms with Crippen LogP contribution < -0.4 is 0 Å². The summed E-state index contributed by atoms with van der Waals surface area (Å²) in [5, 5.41) is 0. The second-order valence-electron chi connectivity index (χ2n) is 3.73. The van der Waals surface area contributed by atoms with Gasteiger partial charge in [0.25, 0.3) is 5.92 Å². The minimum absolute atomic E-state index is 0.142. The van der Waals surface area contributed by atoms with E-state index in [1.54, 1.807) is 4.90 Å². The van der Waals surface area contributed by atoms with Crippen LogP contribution in [0.4, 0.5) is 8.78 Å². The summed E-state index contributed by atoms with van der Waals surface area (Å²) >= 11 is 0. The van der Waals surface area contributed by atoms with E-state index in [-0.39, 0.29) is 13.0 Å². The predicted molar refractivity (Wildman–Crippen MR) is 41.9 cm³/mol. The van der Waals surface area contributed by atoms with Crippen LogP contribution >= 0.6 is 0 Å². The van der Waals surface area contributed by atoms with Crippen LogP contribution in [0.2, 0.25) is 0 Å². The van der Waals surface area contributed by atoms with Crippen LogP contribution in [-0.4, -0.2) is 29.5 Å². The summed E-state index contributed by atoms with van der Waals surface area (Å²) in [7, 11) is 0. The van der Waals surface area contributed by atoms with Gasteiger partial charge in [-0.25, -0.2) is 8.78 Å². The number of rotatable bonds is 0. The molecule has 2 rings (SSSR count). The van der Waals surface area contributed by atoms with Gasteiger partial charge >= 0.3 is 0 Å². The second-order valence-corrected chi connectivity index (χ2v) is 3.73. The fourth-order valence-corrected chi connectivity index (χ4v) is 2.34. The van der Waals surface area contributed by atoms with Crippen LogP contribution in [0.15, 0.2) is 0 Å². The van der Waals surface area contributed by atoms with Gasteiger partial charge in [0.15, 0.2) is 0 Å². The van der Waals surface area contributed by atoms with Gasteiger partial charge in [0.2, 0.25) is 0 Å². The molecule has 0 aromatic carbocycles. The van der Waals surface area contributed by atoms with Crippen molar-refractivity contribution in [1.82, 2.24) is 4.90 Å². The molecular weight excluding hydrogens is 160 g/mol. The van der Waals surface area contributed by atoms with Crippen molar-refractivity contribution in [3.8, 4) is 12.3 Å². The van der Waals surface area contributed by atoms with E-state index in [0.717, 1.165) is 19.4 Å². The van der Waals surface area contributed by atoms with Crippen molar-refractivity contribution in [2.45, 2.75) is 30.7 Å². The molecule has 0 spiro atoms. The Morgan fingerprint density at radius 3 is 2.75 bits per heavy atom. The summed E-state index contributed by atoms with van der Waals surface area (Å²) in [6, 6.07) is 0. The van der Waals surface area contributed by atoms with E-state index < -0.39 is 11.5 Å². The third-order valence-electron chi connectivity index (χ3n) is 2.87. The molecule has 66 valence electrons. The number of terminal acetylenes is 1. The summed E-state index contributed by atoms with van der Waals surface area (Å²) in [6.07, 6.45) is 6.86. The Balaban J connectivity index is 2.27. The fraction of sp³-hybridized carbons (Fsp3) is 0.778. The zero-order valence-electron chi connectivity index (χ0n) is 6.82. The first-order valence-corrected chi connectivity index (χ1v) is 4.19. The van der Waals surface area contributed by atoms with Crippen LogP contribution in [0.1, 0.15) is 19.3 Å². The lowest BCUT2D eigenvalue weighted by molar-refractivity contribution is 0.0104. The number of halogens is 2. The molecule has 0 aromatic rings. The third-order valence-corrected chi connectivity index (χ3v) is 2.87. The average molecular weight is 171 g/mol. The SMILES string of the molecule is C#C[C@]12CCCN1CC(F)(F)C2. The highest BCUT2D eigenvalue weighted by Crippen LogP contribution is 2.45. The molecule has 2 heterocycles. The van der Waals surface area contributed by atoms with Crippen molar-refractivity contribution in [2.24, 2.45) is 0 Å². The molecule has 0 N–H and O–H groups in total. The van der Waals surface area contributed by atoms with Crippen molar-refractivity contribution >= 4 is 0 Å². The van der Waals surface area contributed by atoms with E-state index in [4.69, 9.17) is 6.42 Å². The van der Waals surface area contributed by atoms with E-state index in [0.29, 0.717) is 0 Å². The number of nitrogens with zero attached hydrogens (tertiary/aromatic N) is 1. The van der Waals surface area contributed by atoms with Gasteiger partial charge in [-0.2, -0.15) is 0 Å². The van der Waals surface area contributed by atoms with E-state index in [1.807, 2.05) is 0 Å². The van der Waals surface area contributed by atoms with Gasteiger partial charge < -0.3 is 0 Å². The lowest BCUT2D eigenvalue weighted by atomic mass is 9.94. The lowest BCUT2D eigenvalue weighted by Crippen LogP contribution is -2.36. The summed E-state index contributed by atoms with van der Waals surface area (Å²) < 4.78 is 25.9. The number of hydrogen-bond donors (Lipinski definition) is 0. The minimum Gasteiger partial charge on any atom is -0.281 e. The molecule has 0 amide bonds. The predicted octanol–water partition coefficient (Wildman–Crippen LogP) is 1.49. The Hall–Kier alpha value is -0.620. The van der Waals surface area contributed by atoms with Gasteiger partial charge in [0.1, 0.15) is 0 Å². The molecule has 0 radical (unpaired) electrons. The van der Waals surface area contributed by atoms with Crippen molar-refractivity contribution in [3.63, 3.8) is 0 Å². The normalized spacial score (nSPS) is 39.4. The monoisotopic (exact) mass is 171 g/mol. The topological polar surface area (TPSA) is 3.24 Å². The highest BCUT2D eigenvalue weighted by atomic mass is 19.3. The summed E-state index contributed by atoms with van der Waals surface area (Å²) in [5.41, 5.74) is -0.608. The molecule has 1 atom stereocenters. The van der Waals surface area contributed by atoms with E-state index in [2.05, 4.69) is 5.92 Å². The lowest BCUT2D eigenvalue weighted by Gasteiger charge is -2.24. The van der Waals surface area contributed by atoms with Crippen LogP contribution in [0, 0.1) is 12.3 Å². The molecule has 0 bridgehead atoms. The molecule has 2 fully saturated rings. The molecule has 3 heteroatoms. The van der Waals surface area contributed by atoms with Crippen molar-refractivity contribution < 1.29 is 8.78 Å². The minimum atomic E-state index is -2.56. The Morgan fingerprint density at radius 2 is 2.17 bits per heavy atom. The van der Waals surface area contributed by atoms with Gasteiger partial charge in [-0.05, 0) is 19.4 Å². The van der Waals surface area contributed by atoms with Gasteiger partial charge in [-0.1, -0.05) is 5.92 Å². The van der Waals surface area contributed by atoms with Gasteiger partial charge in [-0.3, -0.25) is 4.90 Å². The van der Waals surface area contributed by atoms with E-state index in [1.165, 1.54) is 0 Å². The van der Waals surface area contributed by atoms with Crippen LogP contribution in [-0.2, 0) is 0 Å². The largest absolute Gasteiger partial charge is 0.281 e. The number of fused-ring (bicyclic) bond motifs is 1. The average Bonchev–Trinajstić information content (AvgIpc) is 2.40. The van der Waals surface area contributed by atoms with Crippen molar-refractivity contribution in [2.75, 3.05) is 13.1 Å². The molecule has 2 aliphatic rings. The molecule has 1 nitrogen and oxygen atoms in total. The molecule has 0 saturated carbocycles. The zero-order valence-corrected chi connectivity index (χ0v) is 6.82. The van der Waals surface area contributed by atoms with Crippen molar-refractivity contribution in [1.29, 1.82) is 0 Å². The molecule has 0 aromatic heterocycles. The summed E-state index contributed by atoms with van der Waals surface area (Å²) in [5.74, 6) is -0.0218. The summed E-state index contributed by atoms with van der Waals surface area (Å²) in [6.45, 7) is 0.594. The molecule has 0 unspecified atom stereocenters. The van der Waals surface area contributed by atoms with Crippen LogP contribution in [0.5, 0.6) is 0 Å². The maximum atomic E-state index is 13.0. The van der Waals surface area contributed by atoms with Gasteiger partial charge in [0, 0.05) is 6.42 Å². The van der Waals surface area contributed by atoms with Crippen molar-refractivity contribution in [3.05, 3.63) is 0 Å². The van der Waals surface area contributed by atoms with E-state index in [9.17, 15) is 8.78 Å². The molecule has 2 aliphatic heterocycles. The Morgan fingerprint density at radius 1 is 1.42 bits per heavy atom. The second kappa shape index (κ2) is 2.20. The quantitative estimate of drug-likeness (QED) is 0.499. The highest BCUT2D eigenvalue weighted by Gasteiger charge is 2.55. The maximum Gasteiger partial charge on any atom is 0.263 e. The van der Waals surface area contributed by atoms with Gasteiger partial charge in [-0.15, -0.1) is 6.42 Å². The smallest absolute Gasteiger partial charge is 0.263 e. The van der Waals surface area contributed by atoms with Crippen LogP contribution in [0.25, 0.3) is 0 Å². The Bertz CT molecular complexity index is 243. The maximum absolute atomic E-state index is 13.0. The first-order chi connectivity index (χ1) is 5.58. The standard InChI is InChI=1S/C9H11F2N/c1-2-8-4-3-5-12(8)7-9(10,11)6-8/h1H,3-7H2/t8-/m1/s1. The Kier molecular flexibility index (Phi) is 1.47. The number of alkyl halides is 2. The molecule has 0 aliphatic carbocycles. The first kappa shape index (κ1) is 8.00.